The minimum atomic E-state index is -0.223. The maximum Gasteiger partial charge on any atom is 0.129 e. The number of nitrogens with zero attached hydrogens (tertiary/aromatic N) is 1. The van der Waals surface area contributed by atoms with Crippen molar-refractivity contribution in [1.29, 1.82) is 0 Å². The van der Waals surface area contributed by atoms with Crippen LogP contribution < -0.4 is 10.1 Å². The van der Waals surface area contributed by atoms with Crippen molar-refractivity contribution in [3.8, 4) is 5.75 Å². The number of likely N-dealkylation sites (N-methyl/N-ethyl adjacent to an activating group) is 1. The van der Waals surface area contributed by atoms with Gasteiger partial charge in [0.15, 0.2) is 0 Å². The van der Waals surface area contributed by atoms with Gasteiger partial charge in [-0.05, 0) is 38.1 Å². The number of rotatable bonds is 8. The third kappa shape index (κ3) is 6.65. The van der Waals surface area contributed by atoms with Gasteiger partial charge >= 0.3 is 0 Å². The smallest absolute Gasteiger partial charge is 0.129 e. The van der Waals surface area contributed by atoms with Gasteiger partial charge in [-0.1, -0.05) is 43.3 Å². The fraction of sp³-hybridized carbons (Fsp3) is 0.429. The Labute approximate surface area is 174 Å². The molecular weight excluding hydrogens is 386 g/mol. The van der Waals surface area contributed by atoms with Gasteiger partial charge in [0.05, 0.1) is 0 Å². The van der Waals surface area contributed by atoms with E-state index in [1.807, 2.05) is 24.3 Å². The summed E-state index contributed by atoms with van der Waals surface area (Å²) in [6.45, 7) is 6.57. The van der Waals surface area contributed by atoms with Gasteiger partial charge in [-0.25, -0.2) is 4.39 Å². The summed E-state index contributed by atoms with van der Waals surface area (Å²) in [5.74, 6) is 0.594. The van der Waals surface area contributed by atoms with Gasteiger partial charge in [0.1, 0.15) is 18.2 Å². The lowest BCUT2D eigenvalue weighted by Gasteiger charge is -2.23. The Balaban J connectivity index is 0.00000182. The van der Waals surface area contributed by atoms with Gasteiger partial charge in [-0.3, -0.25) is 4.90 Å². The molecule has 0 aliphatic carbocycles. The minimum absolute atomic E-state index is 0. The number of hydrogen-bond donors (Lipinski definition) is 1. The molecule has 1 atom stereocenters. The van der Waals surface area contributed by atoms with Crippen LogP contribution in [0, 0.1) is 5.82 Å². The normalized spacial score (nSPS) is 16.4. The Morgan fingerprint density at radius 3 is 2.52 bits per heavy atom. The van der Waals surface area contributed by atoms with E-state index in [4.69, 9.17) is 4.74 Å². The lowest BCUT2D eigenvalue weighted by molar-refractivity contribution is 0.258. The molecule has 3 rings (SSSR count). The topological polar surface area (TPSA) is 24.5 Å². The van der Waals surface area contributed by atoms with Crippen molar-refractivity contribution in [3.05, 3.63) is 65.5 Å². The summed E-state index contributed by atoms with van der Waals surface area (Å²) in [5, 5.41) is 3.56. The Hall–Kier alpha value is -1.33. The Bertz CT molecular complexity index is 687. The maximum absolute atomic E-state index is 13.7. The molecule has 2 aromatic carbocycles. The summed E-state index contributed by atoms with van der Waals surface area (Å²) in [4.78, 5) is 2.54. The van der Waals surface area contributed by atoms with Crippen molar-refractivity contribution in [2.24, 2.45) is 0 Å². The second-order valence-electron chi connectivity index (χ2n) is 6.54. The molecule has 1 heterocycles. The molecule has 0 saturated carbocycles. The first-order valence-electron chi connectivity index (χ1n) is 9.16. The summed E-state index contributed by atoms with van der Waals surface area (Å²) >= 11 is 0. The van der Waals surface area contributed by atoms with E-state index in [0.29, 0.717) is 11.6 Å². The molecule has 1 N–H and O–H groups in total. The highest BCUT2D eigenvalue weighted by Crippen LogP contribution is 2.21. The molecule has 0 spiro atoms. The average Bonchev–Trinajstić information content (AvgIpc) is 3.09. The van der Waals surface area contributed by atoms with Crippen LogP contribution in [0.3, 0.4) is 0 Å². The maximum atomic E-state index is 13.7. The third-order valence-electron chi connectivity index (χ3n) is 4.91. The summed E-state index contributed by atoms with van der Waals surface area (Å²) in [5.41, 5.74) is 1.69. The van der Waals surface area contributed by atoms with Crippen LogP contribution in [0.25, 0.3) is 0 Å². The molecule has 150 valence electrons. The number of para-hydroxylation sites is 1. The predicted molar refractivity (Wildman–Crippen MR) is 114 cm³/mol. The van der Waals surface area contributed by atoms with Crippen molar-refractivity contribution < 1.29 is 9.13 Å². The molecule has 0 amide bonds. The molecule has 1 unspecified atom stereocenters. The van der Waals surface area contributed by atoms with E-state index < -0.39 is 0 Å². The highest BCUT2D eigenvalue weighted by atomic mass is 35.5. The molecule has 27 heavy (non-hydrogen) atoms. The average molecular weight is 415 g/mol. The third-order valence-corrected chi connectivity index (χ3v) is 4.91. The second kappa shape index (κ2) is 12.2. The highest BCUT2D eigenvalue weighted by molar-refractivity contribution is 5.85. The van der Waals surface area contributed by atoms with E-state index in [0.717, 1.165) is 30.9 Å². The molecule has 3 nitrogen and oxygen atoms in total. The lowest BCUT2D eigenvalue weighted by atomic mass is 10.1. The SMILES string of the molecule is CCN1CCCC1CNCc1ccccc1OCc1ccccc1F.Cl.Cl. The first-order chi connectivity index (χ1) is 12.3. The van der Waals surface area contributed by atoms with Crippen LogP contribution >= 0.6 is 24.8 Å². The first kappa shape index (κ1) is 23.7. The fourth-order valence-corrected chi connectivity index (χ4v) is 3.48. The minimum Gasteiger partial charge on any atom is -0.488 e. The van der Waals surface area contributed by atoms with Gasteiger partial charge in [-0.15, -0.1) is 24.8 Å². The van der Waals surface area contributed by atoms with E-state index in [1.54, 1.807) is 12.1 Å². The van der Waals surface area contributed by atoms with Crippen LogP contribution in [0.2, 0.25) is 0 Å². The van der Waals surface area contributed by atoms with E-state index in [9.17, 15) is 4.39 Å². The molecule has 6 heteroatoms. The van der Waals surface area contributed by atoms with Crippen molar-refractivity contribution in [2.75, 3.05) is 19.6 Å². The summed E-state index contributed by atoms with van der Waals surface area (Å²) in [7, 11) is 0. The summed E-state index contributed by atoms with van der Waals surface area (Å²) in [6, 6.07) is 15.4. The highest BCUT2D eigenvalue weighted by Gasteiger charge is 2.22. The molecular formula is C21H29Cl2FN2O. The van der Waals surface area contributed by atoms with Gasteiger partial charge in [0, 0.05) is 30.3 Å². The van der Waals surface area contributed by atoms with Crippen LogP contribution in [0.15, 0.2) is 48.5 Å². The van der Waals surface area contributed by atoms with Crippen LogP contribution in [0.5, 0.6) is 5.75 Å². The van der Waals surface area contributed by atoms with Crippen molar-refractivity contribution in [1.82, 2.24) is 10.2 Å². The summed E-state index contributed by atoms with van der Waals surface area (Å²) in [6.07, 6.45) is 2.56. The zero-order valence-electron chi connectivity index (χ0n) is 15.7. The number of hydrogen-bond acceptors (Lipinski definition) is 3. The van der Waals surface area contributed by atoms with Crippen molar-refractivity contribution >= 4 is 24.8 Å². The molecule has 0 aromatic heterocycles. The van der Waals surface area contributed by atoms with Crippen molar-refractivity contribution in [3.63, 3.8) is 0 Å². The number of halogens is 3. The molecule has 1 fully saturated rings. The van der Waals surface area contributed by atoms with Gasteiger partial charge in [-0.2, -0.15) is 0 Å². The first-order valence-corrected chi connectivity index (χ1v) is 9.16. The van der Waals surface area contributed by atoms with Crippen LogP contribution in [-0.2, 0) is 13.2 Å². The van der Waals surface area contributed by atoms with E-state index >= 15 is 0 Å². The Morgan fingerprint density at radius 2 is 1.78 bits per heavy atom. The molecule has 1 saturated heterocycles. The Kier molecular flexibility index (Phi) is 10.7. The largest absolute Gasteiger partial charge is 0.488 e. The molecule has 0 radical (unpaired) electrons. The Morgan fingerprint density at radius 1 is 1.07 bits per heavy atom. The zero-order chi connectivity index (χ0) is 17.5. The molecule has 1 aliphatic heterocycles. The second-order valence-corrected chi connectivity index (χ2v) is 6.54. The molecule has 0 bridgehead atoms. The van der Waals surface area contributed by atoms with Crippen LogP contribution in [0.1, 0.15) is 30.9 Å². The number of benzene rings is 2. The van der Waals surface area contributed by atoms with E-state index in [-0.39, 0.29) is 37.2 Å². The van der Waals surface area contributed by atoms with Gasteiger partial charge in [0.2, 0.25) is 0 Å². The van der Waals surface area contributed by atoms with Gasteiger partial charge in [0.25, 0.3) is 0 Å². The lowest BCUT2D eigenvalue weighted by Crippen LogP contribution is -2.37. The summed E-state index contributed by atoms with van der Waals surface area (Å²) < 4.78 is 19.6. The van der Waals surface area contributed by atoms with E-state index in [2.05, 4.69) is 23.2 Å². The quantitative estimate of drug-likeness (QED) is 0.669. The van der Waals surface area contributed by atoms with Crippen molar-refractivity contribution in [2.45, 2.75) is 39.0 Å². The van der Waals surface area contributed by atoms with E-state index in [1.165, 1.54) is 25.5 Å². The number of nitrogens with one attached hydrogen (secondary N) is 1. The molecule has 1 aliphatic rings. The fourth-order valence-electron chi connectivity index (χ4n) is 3.48. The predicted octanol–water partition coefficient (Wildman–Crippen LogP) is 4.82. The monoisotopic (exact) mass is 414 g/mol. The number of ether oxygens (including phenoxy) is 1. The number of likely N-dealkylation sites (tertiary alicyclic amines) is 1. The van der Waals surface area contributed by atoms with Crippen LogP contribution in [-0.4, -0.2) is 30.6 Å². The molecule has 2 aromatic rings. The zero-order valence-corrected chi connectivity index (χ0v) is 17.3. The van der Waals surface area contributed by atoms with Crippen LogP contribution in [0.4, 0.5) is 4.39 Å². The van der Waals surface area contributed by atoms with Gasteiger partial charge < -0.3 is 10.1 Å². The standard InChI is InChI=1S/C21H27FN2O.2ClH/c1-2-24-13-7-10-19(24)15-23-14-17-8-4-6-12-21(17)25-16-18-9-3-5-11-20(18)22;;/h3-6,8-9,11-12,19,23H,2,7,10,13-16H2,1H3;2*1H.